The largest absolute Gasteiger partial charge is 0.464 e. The average Bonchev–Trinajstić information content (AvgIpc) is 3.60. The highest BCUT2D eigenvalue weighted by Crippen LogP contribution is 2.35. The van der Waals surface area contributed by atoms with E-state index < -0.39 is 47.0 Å². The highest BCUT2D eigenvalue weighted by molar-refractivity contribution is 5.99. The van der Waals surface area contributed by atoms with Crippen molar-refractivity contribution in [3.8, 4) is 0 Å². The van der Waals surface area contributed by atoms with Gasteiger partial charge in [-0.1, -0.05) is 12.1 Å². The smallest absolute Gasteiger partial charge is 0.358 e. The van der Waals surface area contributed by atoms with Gasteiger partial charge < -0.3 is 20.1 Å². The third-order valence-electron chi connectivity index (χ3n) is 7.34. The van der Waals surface area contributed by atoms with E-state index in [0.717, 1.165) is 33.3 Å². The Morgan fingerprint density at radius 1 is 0.978 bits per heavy atom. The summed E-state index contributed by atoms with van der Waals surface area (Å²) in [4.78, 5) is 56.0. The number of benzene rings is 2. The van der Waals surface area contributed by atoms with Gasteiger partial charge in [-0.25, -0.2) is 27.9 Å². The zero-order valence-electron chi connectivity index (χ0n) is 25.3. The number of aromatic nitrogens is 3. The molecule has 2 amide bonds. The van der Waals surface area contributed by atoms with E-state index in [-0.39, 0.29) is 29.3 Å². The van der Waals surface area contributed by atoms with Crippen molar-refractivity contribution in [2.45, 2.75) is 58.7 Å². The van der Waals surface area contributed by atoms with Crippen molar-refractivity contribution < 1.29 is 37.4 Å². The number of rotatable bonds is 7. The van der Waals surface area contributed by atoms with Crippen LogP contribution in [0.1, 0.15) is 97.3 Å². The summed E-state index contributed by atoms with van der Waals surface area (Å²) in [5.74, 6) is -4.56. The number of halogens is 2. The van der Waals surface area contributed by atoms with Crippen molar-refractivity contribution >= 4 is 29.4 Å². The average molecular weight is 620 g/mol. The van der Waals surface area contributed by atoms with Crippen molar-refractivity contribution in [3.63, 3.8) is 0 Å². The first-order valence-corrected chi connectivity index (χ1v) is 14.1. The zero-order chi connectivity index (χ0) is 32.6. The van der Waals surface area contributed by atoms with Gasteiger partial charge in [-0.3, -0.25) is 9.59 Å². The number of fused-ring (bicyclic) bond motifs is 2. The van der Waals surface area contributed by atoms with E-state index in [1.54, 1.807) is 32.9 Å². The summed E-state index contributed by atoms with van der Waals surface area (Å²) < 4.78 is 38.3. The Kier molecular flexibility index (Phi) is 8.37. The highest BCUT2D eigenvalue weighted by Gasteiger charge is 2.30. The van der Waals surface area contributed by atoms with E-state index in [1.165, 1.54) is 25.3 Å². The van der Waals surface area contributed by atoms with E-state index in [0.29, 0.717) is 24.0 Å². The molecule has 2 heterocycles. The minimum Gasteiger partial charge on any atom is -0.464 e. The van der Waals surface area contributed by atoms with Crippen molar-refractivity contribution in [3.05, 3.63) is 99.0 Å². The molecule has 0 unspecified atom stereocenters. The fourth-order valence-corrected chi connectivity index (χ4v) is 5.20. The molecule has 4 aromatic rings. The van der Waals surface area contributed by atoms with Crippen LogP contribution in [0.25, 0.3) is 5.65 Å². The molecule has 2 aromatic carbocycles. The molecule has 5 rings (SSSR count). The summed E-state index contributed by atoms with van der Waals surface area (Å²) in [6, 6.07) is 8.80. The molecule has 13 heteroatoms. The predicted octanol–water partition coefficient (Wildman–Crippen LogP) is 4.41. The molecule has 2 N–H and O–H groups in total. The van der Waals surface area contributed by atoms with Gasteiger partial charge in [0, 0.05) is 18.7 Å². The van der Waals surface area contributed by atoms with Gasteiger partial charge >= 0.3 is 11.9 Å². The van der Waals surface area contributed by atoms with Crippen LogP contribution in [0.15, 0.2) is 42.5 Å². The van der Waals surface area contributed by atoms with Gasteiger partial charge in [-0.15, -0.1) is 0 Å². The number of nitrogens with one attached hydrogen (secondary N) is 2. The van der Waals surface area contributed by atoms with E-state index in [2.05, 4.69) is 20.7 Å². The Morgan fingerprint density at radius 2 is 1.73 bits per heavy atom. The lowest BCUT2D eigenvalue weighted by atomic mass is 9.97. The number of hydrogen-bond donors (Lipinski definition) is 2. The number of methoxy groups -OCH3 is 1. The summed E-state index contributed by atoms with van der Waals surface area (Å²) in [5.41, 5.74) is 2.33. The van der Waals surface area contributed by atoms with E-state index in [1.807, 2.05) is 6.92 Å². The number of amides is 2. The SMILES string of the molecule is COC(=O)c1cc2nc(C(=O)NCc3ccc(F)c(F)c3)cc(C(=O)N[C@H]3CCc4c3ccc(C(=O)OC(C)(C)C)c4C)n2n1. The molecular formula is C32H31F2N5O6. The second-order valence-corrected chi connectivity index (χ2v) is 11.6. The van der Waals surface area contributed by atoms with Gasteiger partial charge in [0.1, 0.15) is 17.0 Å². The summed E-state index contributed by atoms with van der Waals surface area (Å²) in [5, 5.41) is 9.72. The zero-order valence-corrected chi connectivity index (χ0v) is 25.3. The maximum Gasteiger partial charge on any atom is 0.358 e. The van der Waals surface area contributed by atoms with Crippen LogP contribution in [0.4, 0.5) is 8.78 Å². The molecule has 1 aliphatic carbocycles. The summed E-state index contributed by atoms with van der Waals surface area (Å²) >= 11 is 0. The van der Waals surface area contributed by atoms with Gasteiger partial charge in [-0.2, -0.15) is 5.10 Å². The lowest BCUT2D eigenvalue weighted by Gasteiger charge is -2.21. The molecule has 0 bridgehead atoms. The fourth-order valence-electron chi connectivity index (χ4n) is 5.20. The quantitative estimate of drug-likeness (QED) is 0.290. The normalized spacial score (nSPS) is 14.2. The minimum atomic E-state index is -1.06. The Hall–Kier alpha value is -5.20. The lowest BCUT2D eigenvalue weighted by molar-refractivity contribution is 0.00681. The topological polar surface area (TPSA) is 141 Å². The molecule has 0 aliphatic heterocycles. The standard InChI is InChI=1S/C32H31F2N5O6/c1-16-18-9-11-23(20(18)8-7-19(16)30(42)45-32(2,3)4)37-29(41)26-13-24(36-27-14-25(31(43)44-5)38-39(26)27)28(40)35-15-17-6-10-21(33)22(34)12-17/h6-8,10,12-14,23H,9,11,15H2,1-5H3,(H,35,40)(H,37,41)/t23-/m0/s1. The maximum absolute atomic E-state index is 13.7. The molecule has 0 radical (unpaired) electrons. The van der Waals surface area contributed by atoms with Crippen molar-refractivity contribution in [1.29, 1.82) is 0 Å². The van der Waals surface area contributed by atoms with Crippen LogP contribution in [-0.4, -0.2) is 51.1 Å². The van der Waals surface area contributed by atoms with Gasteiger partial charge in [-0.05, 0) is 81.0 Å². The Bertz CT molecular complexity index is 1860. The van der Waals surface area contributed by atoms with Crippen molar-refractivity contribution in [2.24, 2.45) is 0 Å². The highest BCUT2D eigenvalue weighted by atomic mass is 19.2. The van der Waals surface area contributed by atoms with E-state index in [9.17, 15) is 28.0 Å². The second-order valence-electron chi connectivity index (χ2n) is 11.6. The number of nitrogens with zero attached hydrogens (tertiary/aromatic N) is 3. The molecule has 0 saturated carbocycles. The van der Waals surface area contributed by atoms with Gasteiger partial charge in [0.15, 0.2) is 23.0 Å². The lowest BCUT2D eigenvalue weighted by Crippen LogP contribution is -2.31. The number of esters is 2. The molecular weight excluding hydrogens is 588 g/mol. The van der Waals surface area contributed by atoms with Gasteiger partial charge in [0.05, 0.1) is 18.7 Å². The molecule has 0 spiro atoms. The first-order valence-electron chi connectivity index (χ1n) is 14.1. The van der Waals surface area contributed by atoms with Crippen LogP contribution in [-0.2, 0) is 22.4 Å². The van der Waals surface area contributed by atoms with Crippen molar-refractivity contribution in [2.75, 3.05) is 7.11 Å². The Balaban J connectivity index is 1.43. The molecule has 234 valence electrons. The number of ether oxygens (including phenoxy) is 2. The van der Waals surface area contributed by atoms with Gasteiger partial charge in [0.2, 0.25) is 0 Å². The second kappa shape index (κ2) is 12.1. The van der Waals surface area contributed by atoms with E-state index >= 15 is 0 Å². The molecule has 1 aliphatic rings. The molecule has 1 atom stereocenters. The molecule has 0 saturated heterocycles. The Morgan fingerprint density at radius 3 is 2.42 bits per heavy atom. The fraction of sp³-hybridized carbons (Fsp3) is 0.312. The summed E-state index contributed by atoms with van der Waals surface area (Å²) in [7, 11) is 1.18. The Labute approximate surface area is 256 Å². The first-order chi connectivity index (χ1) is 21.3. The third-order valence-corrected chi connectivity index (χ3v) is 7.34. The molecule has 0 fully saturated rings. The number of carbonyl (C=O) groups excluding carboxylic acids is 4. The first kappa shape index (κ1) is 31.2. The van der Waals surface area contributed by atoms with Crippen LogP contribution < -0.4 is 10.6 Å². The monoisotopic (exact) mass is 619 g/mol. The maximum atomic E-state index is 13.7. The van der Waals surface area contributed by atoms with Crippen LogP contribution >= 0.6 is 0 Å². The van der Waals surface area contributed by atoms with Crippen LogP contribution in [0.2, 0.25) is 0 Å². The molecule has 45 heavy (non-hydrogen) atoms. The summed E-state index contributed by atoms with van der Waals surface area (Å²) in [6.07, 6.45) is 1.17. The summed E-state index contributed by atoms with van der Waals surface area (Å²) in [6.45, 7) is 7.10. The van der Waals surface area contributed by atoms with Crippen LogP contribution in [0, 0.1) is 18.6 Å². The third kappa shape index (κ3) is 6.52. The molecule has 11 nitrogen and oxygen atoms in total. The molecule has 2 aromatic heterocycles. The van der Waals surface area contributed by atoms with Crippen molar-refractivity contribution in [1.82, 2.24) is 25.2 Å². The minimum absolute atomic E-state index is 0.0331. The number of carbonyl (C=O) groups is 4. The predicted molar refractivity (Wildman–Crippen MR) is 157 cm³/mol. The van der Waals surface area contributed by atoms with Crippen LogP contribution in [0.5, 0.6) is 0 Å². The van der Waals surface area contributed by atoms with E-state index in [4.69, 9.17) is 9.47 Å². The van der Waals surface area contributed by atoms with Gasteiger partial charge in [0.25, 0.3) is 11.8 Å². The van der Waals surface area contributed by atoms with Crippen LogP contribution in [0.3, 0.4) is 0 Å². The number of hydrogen-bond acceptors (Lipinski definition) is 8.